The second-order valence-corrected chi connectivity index (χ2v) is 8.49. The zero-order valence-corrected chi connectivity index (χ0v) is 15.9. The Hall–Kier alpha value is -3.02. The van der Waals surface area contributed by atoms with Crippen LogP contribution in [-0.2, 0) is 13.0 Å². The molecule has 0 saturated carbocycles. The van der Waals surface area contributed by atoms with Crippen molar-refractivity contribution in [1.29, 1.82) is 0 Å². The number of anilines is 2. The van der Waals surface area contributed by atoms with E-state index in [2.05, 4.69) is 40.8 Å². The summed E-state index contributed by atoms with van der Waals surface area (Å²) in [5, 5.41) is 1.11. The van der Waals surface area contributed by atoms with Gasteiger partial charge in [-0.3, -0.25) is 0 Å². The third kappa shape index (κ3) is 2.33. The Morgan fingerprint density at radius 3 is 2.86 bits per heavy atom. The summed E-state index contributed by atoms with van der Waals surface area (Å²) in [6, 6.07) is 11.9. The van der Waals surface area contributed by atoms with Gasteiger partial charge in [-0.25, -0.2) is 4.39 Å². The van der Waals surface area contributed by atoms with E-state index in [9.17, 15) is 4.39 Å². The molecule has 0 spiro atoms. The monoisotopic (exact) mass is 376 g/mol. The lowest BCUT2D eigenvalue weighted by molar-refractivity contribution is 0.597. The number of benzene rings is 2. The average molecular weight is 376 g/mol. The van der Waals surface area contributed by atoms with Crippen LogP contribution in [0.1, 0.15) is 25.1 Å². The standard InChI is InChI=1S/C22H21FN4O/c1-22(2)12-27(22)21-25-19-10-14(4-6-20(19)28-21)26-8-7-17-16(11-26)15-5-3-13(23)9-18(15)24-17/h3-6,9-10,24H,7-8,11-12H2,1-2H3. The molecule has 142 valence electrons. The average Bonchev–Trinajstić information content (AvgIpc) is 3.03. The van der Waals surface area contributed by atoms with E-state index < -0.39 is 0 Å². The quantitative estimate of drug-likeness (QED) is 0.519. The van der Waals surface area contributed by atoms with E-state index in [-0.39, 0.29) is 11.4 Å². The molecule has 2 aliphatic rings. The highest BCUT2D eigenvalue weighted by atomic mass is 19.1. The van der Waals surface area contributed by atoms with Crippen LogP contribution in [0.3, 0.4) is 0 Å². The molecule has 0 unspecified atom stereocenters. The smallest absolute Gasteiger partial charge is 0.298 e. The fraction of sp³-hybridized carbons (Fsp3) is 0.318. The van der Waals surface area contributed by atoms with E-state index in [4.69, 9.17) is 9.40 Å². The van der Waals surface area contributed by atoms with Crippen molar-refractivity contribution in [2.24, 2.45) is 0 Å². The maximum Gasteiger partial charge on any atom is 0.298 e. The number of oxazole rings is 1. The van der Waals surface area contributed by atoms with Crippen molar-refractivity contribution in [3.05, 3.63) is 53.5 Å². The molecule has 1 fully saturated rings. The molecule has 0 radical (unpaired) electrons. The molecule has 1 saturated heterocycles. The number of hydrogen-bond donors (Lipinski definition) is 1. The summed E-state index contributed by atoms with van der Waals surface area (Å²) in [7, 11) is 0. The summed E-state index contributed by atoms with van der Waals surface area (Å²) < 4.78 is 19.5. The minimum atomic E-state index is -0.204. The Labute approximate surface area is 161 Å². The van der Waals surface area contributed by atoms with Crippen LogP contribution >= 0.6 is 0 Å². The summed E-state index contributed by atoms with van der Waals surface area (Å²) in [6.07, 6.45) is 0.912. The van der Waals surface area contributed by atoms with E-state index in [1.165, 1.54) is 17.3 Å². The lowest BCUT2D eigenvalue weighted by Crippen LogP contribution is -2.29. The second-order valence-electron chi connectivity index (χ2n) is 8.49. The summed E-state index contributed by atoms with van der Waals surface area (Å²) in [4.78, 5) is 12.6. The first kappa shape index (κ1) is 16.0. The van der Waals surface area contributed by atoms with Gasteiger partial charge in [-0.05, 0) is 50.2 Å². The minimum Gasteiger partial charge on any atom is -0.423 e. The molecule has 0 aliphatic carbocycles. The van der Waals surface area contributed by atoms with E-state index in [0.717, 1.165) is 53.7 Å². The Morgan fingerprint density at radius 1 is 1.18 bits per heavy atom. The molecule has 4 heterocycles. The Morgan fingerprint density at radius 2 is 2.04 bits per heavy atom. The highest BCUT2D eigenvalue weighted by Gasteiger charge is 2.46. The number of H-pyrrole nitrogens is 1. The van der Waals surface area contributed by atoms with E-state index >= 15 is 0 Å². The van der Waals surface area contributed by atoms with E-state index in [0.29, 0.717) is 6.01 Å². The van der Waals surface area contributed by atoms with Crippen molar-refractivity contribution in [1.82, 2.24) is 9.97 Å². The van der Waals surface area contributed by atoms with Crippen LogP contribution in [0.5, 0.6) is 0 Å². The van der Waals surface area contributed by atoms with Gasteiger partial charge in [0.15, 0.2) is 5.58 Å². The molecule has 6 heteroatoms. The first-order valence-electron chi connectivity index (χ1n) is 9.70. The zero-order valence-electron chi connectivity index (χ0n) is 15.9. The summed E-state index contributed by atoms with van der Waals surface area (Å²) >= 11 is 0. The fourth-order valence-electron chi connectivity index (χ4n) is 4.31. The van der Waals surface area contributed by atoms with Crippen molar-refractivity contribution < 1.29 is 8.81 Å². The number of fused-ring (bicyclic) bond motifs is 4. The number of halogens is 1. The summed E-state index contributed by atoms with van der Waals surface area (Å²) in [5.74, 6) is -0.204. The van der Waals surface area contributed by atoms with Crippen molar-refractivity contribution >= 4 is 33.7 Å². The van der Waals surface area contributed by atoms with Gasteiger partial charge in [0, 0.05) is 53.9 Å². The first-order valence-corrected chi connectivity index (χ1v) is 9.70. The van der Waals surface area contributed by atoms with Crippen molar-refractivity contribution in [2.75, 3.05) is 22.9 Å². The van der Waals surface area contributed by atoms with Crippen LogP contribution in [0.15, 0.2) is 40.8 Å². The molecule has 4 aromatic rings. The number of aromatic amines is 1. The predicted octanol–water partition coefficient (Wildman–Crippen LogP) is 4.61. The summed E-state index contributed by atoms with van der Waals surface area (Å²) in [5.41, 5.74) is 6.34. The van der Waals surface area contributed by atoms with Gasteiger partial charge in [-0.1, -0.05) is 0 Å². The van der Waals surface area contributed by atoms with E-state index in [1.807, 2.05) is 12.1 Å². The molecule has 0 amide bonds. The van der Waals surface area contributed by atoms with Crippen molar-refractivity contribution in [2.45, 2.75) is 32.4 Å². The van der Waals surface area contributed by atoms with Crippen LogP contribution in [-0.4, -0.2) is 28.6 Å². The molecule has 5 nitrogen and oxygen atoms in total. The van der Waals surface area contributed by atoms with E-state index in [1.54, 1.807) is 6.07 Å². The minimum absolute atomic E-state index is 0.141. The van der Waals surface area contributed by atoms with Crippen molar-refractivity contribution in [3.63, 3.8) is 0 Å². The molecule has 0 atom stereocenters. The maximum absolute atomic E-state index is 13.6. The molecule has 2 aromatic carbocycles. The van der Waals surface area contributed by atoms with Gasteiger partial charge in [-0.2, -0.15) is 4.98 Å². The Bertz CT molecular complexity index is 1240. The molecular weight excluding hydrogens is 355 g/mol. The molecule has 0 bridgehead atoms. The van der Waals surface area contributed by atoms with Gasteiger partial charge in [0.05, 0.1) is 5.54 Å². The van der Waals surface area contributed by atoms with Crippen molar-refractivity contribution in [3.8, 4) is 0 Å². The highest BCUT2D eigenvalue weighted by Crippen LogP contribution is 2.39. The molecule has 1 N–H and O–H groups in total. The molecule has 2 aliphatic heterocycles. The second kappa shape index (κ2) is 5.28. The van der Waals surface area contributed by atoms with Crippen LogP contribution in [0.2, 0.25) is 0 Å². The highest BCUT2D eigenvalue weighted by molar-refractivity contribution is 5.86. The first-order chi connectivity index (χ1) is 13.5. The lowest BCUT2D eigenvalue weighted by atomic mass is 10.0. The van der Waals surface area contributed by atoms with Gasteiger partial charge in [-0.15, -0.1) is 0 Å². The van der Waals surface area contributed by atoms with Gasteiger partial charge < -0.3 is 19.2 Å². The predicted molar refractivity (Wildman–Crippen MR) is 108 cm³/mol. The topological polar surface area (TPSA) is 48.1 Å². The molecule has 28 heavy (non-hydrogen) atoms. The number of nitrogens with one attached hydrogen (secondary N) is 1. The third-order valence-corrected chi connectivity index (χ3v) is 6.07. The van der Waals surface area contributed by atoms with Gasteiger partial charge >= 0.3 is 0 Å². The van der Waals surface area contributed by atoms with Crippen LogP contribution in [0.25, 0.3) is 22.0 Å². The maximum atomic E-state index is 13.6. The normalized spacial score (nSPS) is 18.1. The van der Waals surface area contributed by atoms with Crippen LogP contribution in [0.4, 0.5) is 16.1 Å². The number of nitrogens with zero attached hydrogens (tertiary/aromatic N) is 3. The molecule has 2 aromatic heterocycles. The Kier molecular flexibility index (Phi) is 3.01. The Balaban J connectivity index is 1.34. The van der Waals surface area contributed by atoms with Crippen LogP contribution < -0.4 is 9.80 Å². The van der Waals surface area contributed by atoms with Gasteiger partial charge in [0.25, 0.3) is 6.01 Å². The SMILES string of the molecule is CC1(C)CN1c1nc2cc(N3CCc4[nH]c5cc(F)ccc5c4C3)ccc2o1. The largest absolute Gasteiger partial charge is 0.423 e. The number of rotatable bonds is 2. The van der Waals surface area contributed by atoms with Gasteiger partial charge in [0.1, 0.15) is 11.3 Å². The third-order valence-electron chi connectivity index (χ3n) is 6.07. The number of aromatic nitrogens is 2. The molecular formula is C22H21FN4O. The lowest BCUT2D eigenvalue weighted by Gasteiger charge is -2.29. The number of hydrogen-bond acceptors (Lipinski definition) is 4. The fourth-order valence-corrected chi connectivity index (χ4v) is 4.31. The zero-order chi connectivity index (χ0) is 19.0. The van der Waals surface area contributed by atoms with Crippen LogP contribution in [0, 0.1) is 5.82 Å². The van der Waals surface area contributed by atoms with Gasteiger partial charge in [0.2, 0.25) is 0 Å². The summed E-state index contributed by atoms with van der Waals surface area (Å²) in [6.45, 7) is 7.06. The molecule has 6 rings (SSSR count).